The van der Waals surface area contributed by atoms with Crippen molar-refractivity contribution in [3.63, 3.8) is 0 Å². The monoisotopic (exact) mass is 555 g/mol. The number of esters is 1. The lowest BCUT2D eigenvalue weighted by atomic mass is 9.62. The molecule has 3 amide bonds. The van der Waals surface area contributed by atoms with E-state index in [1.54, 1.807) is 54.3 Å². The molecule has 0 aromatic heterocycles. The van der Waals surface area contributed by atoms with Gasteiger partial charge in [0.05, 0.1) is 25.1 Å². The van der Waals surface area contributed by atoms with Crippen molar-refractivity contribution in [2.75, 3.05) is 13.2 Å². The molecule has 200 valence electrons. The lowest BCUT2D eigenvalue weighted by molar-refractivity contribution is -0.143. The highest BCUT2D eigenvalue weighted by Crippen LogP contribution is 2.57. The molecule has 0 N–H and O–H groups in total. The topological polar surface area (TPSA) is 90.7 Å². The Bertz CT molecular complexity index is 1280. The van der Waals surface area contributed by atoms with Gasteiger partial charge in [-0.3, -0.25) is 14.5 Å². The molecule has 2 aliphatic rings. The van der Waals surface area contributed by atoms with Crippen LogP contribution in [-0.2, 0) is 19.7 Å². The van der Waals surface area contributed by atoms with Gasteiger partial charge in [0.25, 0.3) is 5.91 Å². The van der Waals surface area contributed by atoms with Crippen LogP contribution in [0.15, 0.2) is 48.5 Å². The molecule has 2 heterocycles. The second kappa shape index (κ2) is 10.6. The van der Waals surface area contributed by atoms with Crippen LogP contribution < -0.4 is 0 Å². The SMILES string of the molecule is CCOC(=O)CCN1C(=O)[C@H]2[C@H](c3cccc(Cl)c3)[C@@](C#N)(c3ccc(Cl)cc3)[C@H](CC(C)(C)C)N2C1=O. The van der Waals surface area contributed by atoms with Crippen LogP contribution in [-0.4, -0.2) is 52.9 Å². The van der Waals surface area contributed by atoms with Gasteiger partial charge in [0.2, 0.25) is 0 Å². The smallest absolute Gasteiger partial charge is 0.327 e. The minimum atomic E-state index is -1.26. The van der Waals surface area contributed by atoms with Crippen LogP contribution in [0.1, 0.15) is 57.6 Å². The summed E-state index contributed by atoms with van der Waals surface area (Å²) in [5.74, 6) is -1.62. The third kappa shape index (κ3) is 4.88. The van der Waals surface area contributed by atoms with Gasteiger partial charge in [0, 0.05) is 22.5 Å². The van der Waals surface area contributed by atoms with Crippen molar-refractivity contribution in [2.45, 2.75) is 64.0 Å². The van der Waals surface area contributed by atoms with Crippen molar-refractivity contribution in [3.05, 3.63) is 69.7 Å². The third-order valence-corrected chi connectivity index (χ3v) is 7.79. The molecule has 0 aliphatic carbocycles. The number of carbonyl (C=O) groups excluding carboxylic acids is 3. The Morgan fingerprint density at radius 3 is 2.37 bits per heavy atom. The molecule has 38 heavy (non-hydrogen) atoms. The van der Waals surface area contributed by atoms with E-state index in [0.717, 1.165) is 4.90 Å². The zero-order chi connectivity index (χ0) is 27.8. The first-order valence-corrected chi connectivity index (χ1v) is 13.4. The number of imide groups is 1. The number of carbonyl (C=O) groups is 3. The average Bonchev–Trinajstić information content (AvgIpc) is 3.26. The maximum absolute atomic E-state index is 14.0. The minimum Gasteiger partial charge on any atom is -0.466 e. The van der Waals surface area contributed by atoms with Crippen LogP contribution in [0.3, 0.4) is 0 Å². The van der Waals surface area contributed by atoms with Crippen molar-refractivity contribution in [3.8, 4) is 6.07 Å². The van der Waals surface area contributed by atoms with E-state index >= 15 is 0 Å². The number of hydrogen-bond donors (Lipinski definition) is 0. The van der Waals surface area contributed by atoms with Gasteiger partial charge in [-0.1, -0.05) is 68.2 Å². The zero-order valence-corrected chi connectivity index (χ0v) is 23.4. The summed E-state index contributed by atoms with van der Waals surface area (Å²) < 4.78 is 5.00. The fraction of sp³-hybridized carbons (Fsp3) is 0.448. The summed E-state index contributed by atoms with van der Waals surface area (Å²) in [4.78, 5) is 42.6. The molecule has 2 aromatic carbocycles. The summed E-state index contributed by atoms with van der Waals surface area (Å²) in [5.41, 5.74) is -0.175. The van der Waals surface area contributed by atoms with E-state index in [1.807, 2.05) is 26.8 Å². The van der Waals surface area contributed by atoms with E-state index in [2.05, 4.69) is 6.07 Å². The normalized spacial score (nSPS) is 24.9. The molecule has 2 saturated heterocycles. The van der Waals surface area contributed by atoms with Crippen LogP contribution in [0.5, 0.6) is 0 Å². The number of hydrogen-bond acceptors (Lipinski definition) is 5. The summed E-state index contributed by atoms with van der Waals surface area (Å²) in [5, 5.41) is 12.0. The average molecular weight is 556 g/mol. The van der Waals surface area contributed by atoms with Crippen molar-refractivity contribution in [2.24, 2.45) is 5.41 Å². The summed E-state index contributed by atoms with van der Waals surface area (Å²) >= 11 is 12.6. The maximum Gasteiger partial charge on any atom is 0.327 e. The molecule has 9 heteroatoms. The molecule has 2 aromatic rings. The number of amides is 3. The second-order valence-corrected chi connectivity index (χ2v) is 11.9. The number of nitrogens with zero attached hydrogens (tertiary/aromatic N) is 3. The molecule has 2 fully saturated rings. The quantitative estimate of drug-likeness (QED) is 0.311. The highest BCUT2D eigenvalue weighted by molar-refractivity contribution is 6.30. The molecule has 0 radical (unpaired) electrons. The van der Waals surface area contributed by atoms with E-state index in [4.69, 9.17) is 27.9 Å². The predicted molar refractivity (Wildman–Crippen MR) is 145 cm³/mol. The molecule has 0 spiro atoms. The van der Waals surface area contributed by atoms with Gasteiger partial charge in [-0.15, -0.1) is 0 Å². The lowest BCUT2D eigenvalue weighted by Gasteiger charge is -2.39. The number of urea groups is 1. The number of ether oxygens (including phenoxy) is 1. The maximum atomic E-state index is 14.0. The Balaban J connectivity index is 1.92. The highest BCUT2D eigenvalue weighted by Gasteiger charge is 2.69. The molecule has 2 aliphatic heterocycles. The van der Waals surface area contributed by atoms with Crippen molar-refractivity contribution >= 4 is 41.1 Å². The van der Waals surface area contributed by atoms with Crippen LogP contribution in [0.2, 0.25) is 10.0 Å². The Hall–Kier alpha value is -3.08. The molecule has 0 bridgehead atoms. The first-order valence-electron chi connectivity index (χ1n) is 12.7. The molecular weight excluding hydrogens is 525 g/mol. The van der Waals surface area contributed by atoms with Gasteiger partial charge in [0.1, 0.15) is 11.5 Å². The van der Waals surface area contributed by atoms with Crippen LogP contribution >= 0.6 is 23.2 Å². The summed E-state index contributed by atoms with van der Waals surface area (Å²) in [6, 6.07) is 14.7. The molecule has 0 saturated carbocycles. The van der Waals surface area contributed by atoms with Gasteiger partial charge in [-0.2, -0.15) is 5.26 Å². The number of benzene rings is 2. The fourth-order valence-corrected chi connectivity index (χ4v) is 6.19. The Kier molecular flexibility index (Phi) is 7.79. The van der Waals surface area contributed by atoms with E-state index in [1.165, 1.54) is 0 Å². The Labute approximate surface area is 233 Å². The first-order chi connectivity index (χ1) is 17.9. The van der Waals surface area contributed by atoms with E-state index < -0.39 is 41.3 Å². The minimum absolute atomic E-state index is 0.0888. The molecular formula is C29H31Cl2N3O4. The van der Waals surface area contributed by atoms with Crippen molar-refractivity contribution in [1.82, 2.24) is 9.80 Å². The largest absolute Gasteiger partial charge is 0.466 e. The number of nitriles is 1. The lowest BCUT2D eigenvalue weighted by Crippen LogP contribution is -2.49. The van der Waals surface area contributed by atoms with E-state index in [-0.39, 0.29) is 25.0 Å². The number of rotatable bonds is 7. The Morgan fingerprint density at radius 1 is 1.11 bits per heavy atom. The van der Waals surface area contributed by atoms with Crippen molar-refractivity contribution in [1.29, 1.82) is 5.26 Å². The van der Waals surface area contributed by atoms with Gasteiger partial charge < -0.3 is 9.64 Å². The third-order valence-electron chi connectivity index (χ3n) is 7.30. The second-order valence-electron chi connectivity index (χ2n) is 11.0. The van der Waals surface area contributed by atoms with Gasteiger partial charge in [-0.25, -0.2) is 4.79 Å². The molecule has 4 rings (SSSR count). The standard InChI is InChI=1S/C29H31Cl2N3O4/c1-5-38-23(35)13-14-33-26(36)25-24(18-7-6-8-21(31)15-18)29(17-32,19-9-11-20(30)12-10-19)22(16-28(2,3)4)34(25)27(33)37/h6-12,15,22,24-25H,5,13-14,16H2,1-4H3/t22-,24-,25+,29-/m0/s1. The first kappa shape index (κ1) is 27.9. The summed E-state index contributed by atoms with van der Waals surface area (Å²) in [6.07, 6.45) is 0.361. The van der Waals surface area contributed by atoms with Gasteiger partial charge >= 0.3 is 12.0 Å². The van der Waals surface area contributed by atoms with Crippen LogP contribution in [0.25, 0.3) is 0 Å². The number of halogens is 2. The summed E-state index contributed by atoms with van der Waals surface area (Å²) in [6.45, 7) is 7.95. The molecule has 4 atom stereocenters. The fourth-order valence-electron chi connectivity index (χ4n) is 5.87. The van der Waals surface area contributed by atoms with E-state index in [9.17, 15) is 19.6 Å². The predicted octanol–water partition coefficient (Wildman–Crippen LogP) is 5.94. The van der Waals surface area contributed by atoms with Crippen LogP contribution in [0, 0.1) is 16.7 Å². The summed E-state index contributed by atoms with van der Waals surface area (Å²) in [7, 11) is 0. The number of fused-ring (bicyclic) bond motifs is 1. The van der Waals surface area contributed by atoms with E-state index in [0.29, 0.717) is 27.6 Å². The Morgan fingerprint density at radius 2 is 1.79 bits per heavy atom. The van der Waals surface area contributed by atoms with Crippen LogP contribution in [0.4, 0.5) is 4.79 Å². The molecule has 0 unspecified atom stereocenters. The van der Waals surface area contributed by atoms with Gasteiger partial charge in [-0.05, 0) is 54.2 Å². The van der Waals surface area contributed by atoms with Gasteiger partial charge in [0.15, 0.2) is 0 Å². The molecule has 7 nitrogen and oxygen atoms in total. The van der Waals surface area contributed by atoms with Crippen molar-refractivity contribution < 1.29 is 19.1 Å². The zero-order valence-electron chi connectivity index (χ0n) is 21.9. The highest BCUT2D eigenvalue weighted by atomic mass is 35.5.